The van der Waals surface area contributed by atoms with Gasteiger partial charge in [0.15, 0.2) is 0 Å². The maximum Gasteiger partial charge on any atom is 0.0855 e. The van der Waals surface area contributed by atoms with Crippen LogP contribution >= 0.6 is 31.9 Å². The molecule has 0 unspecified atom stereocenters. The van der Waals surface area contributed by atoms with Gasteiger partial charge in [0.2, 0.25) is 0 Å². The van der Waals surface area contributed by atoms with Gasteiger partial charge in [0.25, 0.3) is 0 Å². The molecule has 2 aromatic rings. The second kappa shape index (κ2) is 3.15. The predicted molar refractivity (Wildman–Crippen MR) is 57.1 cm³/mol. The molecule has 1 aromatic carbocycles. The van der Waals surface area contributed by atoms with E-state index >= 15 is 0 Å². The lowest BCUT2D eigenvalue weighted by Gasteiger charge is -2.00. The van der Waals surface area contributed by atoms with Gasteiger partial charge in [0.05, 0.1) is 5.52 Å². The van der Waals surface area contributed by atoms with E-state index in [0.717, 1.165) is 19.8 Å². The smallest absolute Gasteiger partial charge is 0.0855 e. The first kappa shape index (κ1) is 8.20. The fraction of sp³-hybridized carbons (Fsp3) is 0. The highest BCUT2D eigenvalue weighted by Crippen LogP contribution is 2.26. The van der Waals surface area contributed by atoms with Crippen molar-refractivity contribution in [3.8, 4) is 0 Å². The minimum atomic E-state index is 0.992. The van der Waals surface area contributed by atoms with Gasteiger partial charge in [-0.1, -0.05) is 28.1 Å². The van der Waals surface area contributed by atoms with Crippen LogP contribution in [-0.2, 0) is 0 Å². The highest BCUT2D eigenvalue weighted by molar-refractivity contribution is 9.11. The van der Waals surface area contributed by atoms with Crippen LogP contribution in [0.4, 0.5) is 0 Å². The summed E-state index contributed by atoms with van der Waals surface area (Å²) in [5.74, 6) is 0. The van der Waals surface area contributed by atoms with Gasteiger partial charge in [0.1, 0.15) is 0 Å². The first-order chi connectivity index (χ1) is 5.79. The average Bonchev–Trinajstić information content (AvgIpc) is 2.07. The van der Waals surface area contributed by atoms with Crippen LogP contribution in [0.2, 0.25) is 0 Å². The summed E-state index contributed by atoms with van der Waals surface area (Å²) in [4.78, 5) is 4.26. The monoisotopic (exact) mass is 285 g/mol. The summed E-state index contributed by atoms with van der Waals surface area (Å²) in [6.07, 6.45) is 1.79. The Bertz CT molecular complexity index is 385. The number of rotatable bonds is 0. The SMILES string of the molecule is Brc1ccnc2c(Br)cccc12. The van der Waals surface area contributed by atoms with Crippen LogP contribution in [0.15, 0.2) is 39.4 Å². The molecule has 0 fully saturated rings. The van der Waals surface area contributed by atoms with Crippen LogP contribution in [0.3, 0.4) is 0 Å². The van der Waals surface area contributed by atoms with Gasteiger partial charge >= 0.3 is 0 Å². The zero-order valence-electron chi connectivity index (χ0n) is 6.09. The van der Waals surface area contributed by atoms with E-state index in [9.17, 15) is 0 Å². The molecule has 0 bridgehead atoms. The average molecular weight is 287 g/mol. The Balaban J connectivity index is 2.94. The molecule has 2 rings (SSSR count). The number of aromatic nitrogens is 1. The maximum atomic E-state index is 4.26. The van der Waals surface area contributed by atoms with Crippen molar-refractivity contribution in [2.75, 3.05) is 0 Å². The number of halogens is 2. The number of fused-ring (bicyclic) bond motifs is 1. The molecule has 0 saturated carbocycles. The summed E-state index contributed by atoms with van der Waals surface area (Å²) in [6, 6.07) is 7.96. The number of nitrogens with zero attached hydrogens (tertiary/aromatic N) is 1. The van der Waals surface area contributed by atoms with E-state index in [1.165, 1.54) is 0 Å². The molecule has 0 atom stereocenters. The molecule has 60 valence electrons. The van der Waals surface area contributed by atoms with Gasteiger partial charge in [-0.25, -0.2) is 0 Å². The predicted octanol–water partition coefficient (Wildman–Crippen LogP) is 3.76. The van der Waals surface area contributed by atoms with Crippen molar-refractivity contribution in [1.82, 2.24) is 4.98 Å². The van der Waals surface area contributed by atoms with Crippen LogP contribution in [-0.4, -0.2) is 4.98 Å². The van der Waals surface area contributed by atoms with Crippen molar-refractivity contribution in [1.29, 1.82) is 0 Å². The summed E-state index contributed by atoms with van der Waals surface area (Å²) < 4.78 is 2.11. The standard InChI is InChI=1S/C9H5Br2N/c10-7-4-5-12-9-6(7)2-1-3-8(9)11/h1-5H. The Labute approximate surface area is 87.1 Å². The normalized spacial score (nSPS) is 10.5. The summed E-state index contributed by atoms with van der Waals surface area (Å²) in [5, 5.41) is 1.13. The topological polar surface area (TPSA) is 12.9 Å². The molecule has 1 aromatic heterocycles. The lowest BCUT2D eigenvalue weighted by atomic mass is 10.2. The quantitative estimate of drug-likeness (QED) is 0.719. The van der Waals surface area contributed by atoms with Crippen LogP contribution in [0.5, 0.6) is 0 Å². The fourth-order valence-electron chi connectivity index (χ4n) is 1.11. The third kappa shape index (κ3) is 1.27. The zero-order chi connectivity index (χ0) is 8.55. The minimum absolute atomic E-state index is 0.992. The van der Waals surface area contributed by atoms with Crippen LogP contribution in [0.25, 0.3) is 10.9 Å². The van der Waals surface area contributed by atoms with Gasteiger partial charge in [-0.2, -0.15) is 0 Å². The fourth-order valence-corrected chi connectivity index (χ4v) is 2.01. The van der Waals surface area contributed by atoms with E-state index in [1.807, 2.05) is 24.3 Å². The molecule has 0 aliphatic carbocycles. The molecule has 0 amide bonds. The van der Waals surface area contributed by atoms with E-state index < -0.39 is 0 Å². The number of pyridine rings is 1. The Morgan fingerprint density at radius 1 is 1.00 bits per heavy atom. The van der Waals surface area contributed by atoms with Crippen LogP contribution in [0.1, 0.15) is 0 Å². The molecule has 0 aliphatic heterocycles. The summed E-state index contributed by atoms with van der Waals surface area (Å²) in [5.41, 5.74) is 0.992. The molecular formula is C9H5Br2N. The molecule has 12 heavy (non-hydrogen) atoms. The van der Waals surface area contributed by atoms with Gasteiger partial charge in [0, 0.05) is 20.5 Å². The summed E-state index contributed by atoms with van der Waals surface area (Å²) in [6.45, 7) is 0. The number of hydrogen-bond donors (Lipinski definition) is 0. The van der Waals surface area contributed by atoms with Crippen molar-refractivity contribution in [3.05, 3.63) is 39.4 Å². The van der Waals surface area contributed by atoms with Gasteiger partial charge < -0.3 is 0 Å². The van der Waals surface area contributed by atoms with Gasteiger partial charge in [-0.05, 0) is 28.1 Å². The summed E-state index contributed by atoms with van der Waals surface area (Å²) >= 11 is 6.92. The van der Waals surface area contributed by atoms with Crippen LogP contribution in [0, 0.1) is 0 Å². The van der Waals surface area contributed by atoms with Crippen molar-refractivity contribution in [2.24, 2.45) is 0 Å². The Kier molecular flexibility index (Phi) is 2.15. The van der Waals surface area contributed by atoms with E-state index in [1.54, 1.807) is 6.20 Å². The summed E-state index contributed by atoms with van der Waals surface area (Å²) in [7, 11) is 0. The largest absolute Gasteiger partial charge is 0.255 e. The molecule has 3 heteroatoms. The first-order valence-electron chi connectivity index (χ1n) is 3.48. The van der Waals surface area contributed by atoms with Crippen LogP contribution < -0.4 is 0 Å². The first-order valence-corrected chi connectivity index (χ1v) is 5.06. The van der Waals surface area contributed by atoms with Crippen molar-refractivity contribution in [3.63, 3.8) is 0 Å². The number of para-hydroxylation sites is 1. The highest BCUT2D eigenvalue weighted by atomic mass is 79.9. The minimum Gasteiger partial charge on any atom is -0.255 e. The van der Waals surface area contributed by atoms with E-state index in [0.29, 0.717) is 0 Å². The number of hydrogen-bond acceptors (Lipinski definition) is 1. The third-order valence-corrected chi connectivity index (χ3v) is 3.00. The number of benzene rings is 1. The van der Waals surface area contributed by atoms with Gasteiger partial charge in [-0.15, -0.1) is 0 Å². The Hall–Kier alpha value is -0.410. The molecule has 1 nitrogen and oxygen atoms in total. The van der Waals surface area contributed by atoms with E-state index in [-0.39, 0.29) is 0 Å². The Morgan fingerprint density at radius 2 is 1.83 bits per heavy atom. The van der Waals surface area contributed by atoms with Gasteiger partial charge in [-0.3, -0.25) is 4.98 Å². The van der Waals surface area contributed by atoms with Crippen molar-refractivity contribution < 1.29 is 0 Å². The molecule has 0 spiro atoms. The van der Waals surface area contributed by atoms with E-state index in [4.69, 9.17) is 0 Å². The second-order valence-corrected chi connectivity index (χ2v) is 4.14. The second-order valence-electron chi connectivity index (χ2n) is 2.43. The molecule has 0 radical (unpaired) electrons. The van der Waals surface area contributed by atoms with Crippen molar-refractivity contribution in [2.45, 2.75) is 0 Å². The van der Waals surface area contributed by atoms with Crippen molar-refractivity contribution >= 4 is 42.8 Å². The zero-order valence-corrected chi connectivity index (χ0v) is 9.26. The highest BCUT2D eigenvalue weighted by Gasteiger charge is 2.00. The molecule has 0 saturated heterocycles. The molecular weight excluding hydrogens is 282 g/mol. The Morgan fingerprint density at radius 3 is 2.58 bits per heavy atom. The molecule has 0 aliphatic rings. The van der Waals surface area contributed by atoms with E-state index in [2.05, 4.69) is 36.8 Å². The third-order valence-electron chi connectivity index (χ3n) is 1.67. The lowest BCUT2D eigenvalue weighted by Crippen LogP contribution is -1.79. The maximum absolute atomic E-state index is 4.26. The molecule has 1 heterocycles. The molecule has 0 N–H and O–H groups in total. The lowest BCUT2D eigenvalue weighted by molar-refractivity contribution is 1.39.